The average Bonchev–Trinajstić information content (AvgIpc) is 2.85. The summed E-state index contributed by atoms with van der Waals surface area (Å²) < 4.78 is 0. The molecule has 1 aliphatic rings. The Balaban J connectivity index is 1.50. The summed E-state index contributed by atoms with van der Waals surface area (Å²) >= 11 is 0. The first-order valence-corrected chi connectivity index (χ1v) is 12.9. The van der Waals surface area contributed by atoms with Crippen LogP contribution in [0.2, 0.25) is 0 Å². The van der Waals surface area contributed by atoms with Crippen molar-refractivity contribution in [2.45, 2.75) is 96.8 Å². The molecule has 0 unspecified atom stereocenters. The Kier molecular flexibility index (Phi) is 9.91. The van der Waals surface area contributed by atoms with Crippen molar-refractivity contribution in [3.05, 3.63) is 70.3 Å². The van der Waals surface area contributed by atoms with E-state index in [9.17, 15) is 5.26 Å². The summed E-state index contributed by atoms with van der Waals surface area (Å²) in [4.78, 5) is 0. The molecule has 32 heavy (non-hydrogen) atoms. The van der Waals surface area contributed by atoms with Crippen LogP contribution in [0.5, 0.6) is 0 Å². The quantitative estimate of drug-likeness (QED) is 0.292. The van der Waals surface area contributed by atoms with Crippen LogP contribution in [-0.4, -0.2) is 0 Å². The number of aryl methyl sites for hydroxylation is 2. The van der Waals surface area contributed by atoms with Gasteiger partial charge in [0.25, 0.3) is 0 Å². The van der Waals surface area contributed by atoms with Gasteiger partial charge in [-0.25, -0.2) is 0 Å². The molecule has 2 aromatic rings. The van der Waals surface area contributed by atoms with Crippen LogP contribution in [0.1, 0.15) is 112 Å². The van der Waals surface area contributed by atoms with Crippen molar-refractivity contribution >= 4 is 0 Å². The van der Waals surface area contributed by atoms with Crippen LogP contribution in [-0.2, 0) is 12.8 Å². The highest BCUT2D eigenvalue weighted by Gasteiger charge is 2.21. The van der Waals surface area contributed by atoms with Crippen molar-refractivity contribution in [1.29, 1.82) is 5.26 Å². The van der Waals surface area contributed by atoms with Crippen molar-refractivity contribution in [2.24, 2.45) is 5.92 Å². The molecule has 1 aliphatic carbocycles. The predicted molar refractivity (Wildman–Crippen MR) is 136 cm³/mol. The van der Waals surface area contributed by atoms with Crippen molar-refractivity contribution in [3.63, 3.8) is 0 Å². The SMILES string of the molecule is CCCCCCc1ccc(C2CCC(C#Cc3ccc(CCCC)c(C#N)c3)CC2)cc1. The van der Waals surface area contributed by atoms with Crippen molar-refractivity contribution in [3.8, 4) is 17.9 Å². The number of benzene rings is 2. The minimum absolute atomic E-state index is 0.481. The van der Waals surface area contributed by atoms with Crippen LogP contribution >= 0.6 is 0 Å². The van der Waals surface area contributed by atoms with Crippen LogP contribution < -0.4 is 0 Å². The molecular weight excluding hydrogens is 386 g/mol. The molecular formula is C31H39N. The number of nitriles is 1. The standard InChI is InChI=1S/C31H39N/c1-3-5-7-8-9-25-13-18-29(19-14-25)30-20-15-26(16-21-30)11-12-27-17-22-28(10-6-4-2)31(23-27)24-32/h13-14,17-19,22-23,26,30H,3-10,15-16,20-21H2,1-2H3. The lowest BCUT2D eigenvalue weighted by molar-refractivity contribution is 0.384. The van der Waals surface area contributed by atoms with E-state index in [0.29, 0.717) is 11.8 Å². The maximum Gasteiger partial charge on any atom is 0.0994 e. The third-order valence-corrected chi connectivity index (χ3v) is 6.95. The number of hydrogen-bond donors (Lipinski definition) is 0. The Morgan fingerprint density at radius 3 is 2.25 bits per heavy atom. The topological polar surface area (TPSA) is 23.8 Å². The predicted octanol–water partition coefficient (Wildman–Crippen LogP) is 8.35. The van der Waals surface area contributed by atoms with Gasteiger partial charge in [0.05, 0.1) is 11.6 Å². The largest absolute Gasteiger partial charge is 0.192 e. The van der Waals surface area contributed by atoms with Crippen LogP contribution in [0.25, 0.3) is 0 Å². The lowest BCUT2D eigenvalue weighted by Gasteiger charge is -2.26. The zero-order chi connectivity index (χ0) is 22.6. The third-order valence-electron chi connectivity index (χ3n) is 6.95. The maximum atomic E-state index is 9.48. The summed E-state index contributed by atoms with van der Waals surface area (Å²) in [5, 5.41) is 9.48. The van der Waals surface area contributed by atoms with Crippen LogP contribution in [0.3, 0.4) is 0 Å². The normalized spacial score (nSPS) is 17.9. The van der Waals surface area contributed by atoms with E-state index in [1.165, 1.54) is 68.9 Å². The summed E-state index contributed by atoms with van der Waals surface area (Å²) in [6, 6.07) is 18.0. The minimum Gasteiger partial charge on any atom is -0.192 e. The van der Waals surface area contributed by atoms with Gasteiger partial charge < -0.3 is 0 Å². The summed E-state index contributed by atoms with van der Waals surface area (Å²) in [6.07, 6.45) is 14.6. The van der Waals surface area contributed by atoms with E-state index in [-0.39, 0.29) is 0 Å². The molecule has 0 saturated heterocycles. The Bertz CT molecular complexity index is 927. The van der Waals surface area contributed by atoms with Gasteiger partial charge in [0.15, 0.2) is 0 Å². The highest BCUT2D eigenvalue weighted by Crippen LogP contribution is 2.35. The Labute approximate surface area is 196 Å². The van der Waals surface area contributed by atoms with Gasteiger partial charge >= 0.3 is 0 Å². The molecule has 0 N–H and O–H groups in total. The van der Waals surface area contributed by atoms with Gasteiger partial charge in [-0.15, -0.1) is 0 Å². The summed E-state index contributed by atoms with van der Waals surface area (Å²) in [7, 11) is 0. The smallest absolute Gasteiger partial charge is 0.0994 e. The monoisotopic (exact) mass is 425 g/mol. The van der Waals surface area contributed by atoms with E-state index >= 15 is 0 Å². The molecule has 0 bridgehead atoms. The molecule has 2 aromatic carbocycles. The second-order valence-corrected chi connectivity index (χ2v) is 9.46. The molecule has 0 aliphatic heterocycles. The molecule has 168 valence electrons. The first-order chi connectivity index (χ1) is 15.7. The molecule has 0 spiro atoms. The molecule has 3 rings (SSSR count). The van der Waals surface area contributed by atoms with Crippen molar-refractivity contribution in [2.75, 3.05) is 0 Å². The van der Waals surface area contributed by atoms with Crippen LogP contribution in [0.4, 0.5) is 0 Å². The van der Waals surface area contributed by atoms with E-state index in [0.717, 1.165) is 36.0 Å². The van der Waals surface area contributed by atoms with Crippen molar-refractivity contribution < 1.29 is 0 Å². The van der Waals surface area contributed by atoms with Gasteiger partial charge in [0, 0.05) is 11.5 Å². The van der Waals surface area contributed by atoms with Gasteiger partial charge in [0.2, 0.25) is 0 Å². The number of hydrogen-bond acceptors (Lipinski definition) is 1. The fourth-order valence-electron chi connectivity index (χ4n) is 4.81. The first kappa shape index (κ1) is 24.1. The zero-order valence-corrected chi connectivity index (χ0v) is 20.1. The van der Waals surface area contributed by atoms with Crippen LogP contribution in [0.15, 0.2) is 42.5 Å². The van der Waals surface area contributed by atoms with Gasteiger partial charge in [0.1, 0.15) is 0 Å². The van der Waals surface area contributed by atoms with E-state index in [1.54, 1.807) is 0 Å². The Hall–Kier alpha value is -2.51. The fraction of sp³-hybridized carbons (Fsp3) is 0.516. The Morgan fingerprint density at radius 2 is 1.56 bits per heavy atom. The van der Waals surface area contributed by atoms with Gasteiger partial charge in [-0.05, 0) is 86.1 Å². The fourth-order valence-corrected chi connectivity index (χ4v) is 4.81. The molecule has 0 amide bonds. The highest BCUT2D eigenvalue weighted by molar-refractivity contribution is 5.46. The lowest BCUT2D eigenvalue weighted by atomic mass is 9.78. The molecule has 1 saturated carbocycles. The average molecular weight is 426 g/mol. The minimum atomic E-state index is 0.481. The van der Waals surface area contributed by atoms with E-state index in [2.05, 4.69) is 68.2 Å². The third kappa shape index (κ3) is 7.28. The number of nitrogens with zero attached hydrogens (tertiary/aromatic N) is 1. The Morgan fingerprint density at radius 1 is 0.812 bits per heavy atom. The second kappa shape index (κ2) is 13.1. The summed E-state index contributed by atoms with van der Waals surface area (Å²) in [5.74, 6) is 8.04. The summed E-state index contributed by atoms with van der Waals surface area (Å²) in [5.41, 5.74) is 5.94. The maximum absolute atomic E-state index is 9.48. The molecule has 1 fully saturated rings. The van der Waals surface area contributed by atoms with E-state index in [1.807, 2.05) is 6.07 Å². The van der Waals surface area contributed by atoms with Gasteiger partial charge in [-0.3, -0.25) is 0 Å². The molecule has 0 radical (unpaired) electrons. The molecule has 0 heterocycles. The van der Waals surface area contributed by atoms with Crippen LogP contribution in [0, 0.1) is 29.1 Å². The molecule has 1 heteroatoms. The highest BCUT2D eigenvalue weighted by atomic mass is 14.3. The summed E-state index contributed by atoms with van der Waals surface area (Å²) in [6.45, 7) is 4.45. The lowest BCUT2D eigenvalue weighted by Crippen LogP contribution is -2.12. The van der Waals surface area contributed by atoms with E-state index < -0.39 is 0 Å². The number of unbranched alkanes of at least 4 members (excludes halogenated alkanes) is 4. The first-order valence-electron chi connectivity index (χ1n) is 12.9. The van der Waals surface area contributed by atoms with Gasteiger partial charge in [-0.2, -0.15) is 5.26 Å². The zero-order valence-electron chi connectivity index (χ0n) is 20.1. The van der Waals surface area contributed by atoms with Crippen molar-refractivity contribution in [1.82, 2.24) is 0 Å². The molecule has 0 atom stereocenters. The number of rotatable bonds is 9. The molecule has 1 nitrogen and oxygen atoms in total. The van der Waals surface area contributed by atoms with Gasteiger partial charge in [-0.1, -0.05) is 81.7 Å². The molecule has 0 aromatic heterocycles. The van der Waals surface area contributed by atoms with E-state index in [4.69, 9.17) is 0 Å². The second-order valence-electron chi connectivity index (χ2n) is 9.46.